The predicted molar refractivity (Wildman–Crippen MR) is 110 cm³/mol. The third-order valence-electron chi connectivity index (χ3n) is 4.60. The summed E-state index contributed by atoms with van der Waals surface area (Å²) in [6.07, 6.45) is 0.750. The van der Waals surface area contributed by atoms with E-state index in [4.69, 9.17) is 10.5 Å². The van der Waals surface area contributed by atoms with Crippen molar-refractivity contribution in [2.24, 2.45) is 0 Å². The fourth-order valence-electron chi connectivity index (χ4n) is 3.13. The molecule has 0 aliphatic rings. The number of hydrogen-bond acceptors (Lipinski definition) is 8. The van der Waals surface area contributed by atoms with Gasteiger partial charge in [0.1, 0.15) is 11.6 Å². The number of hydrogen-bond donors (Lipinski definition) is 1. The molecule has 2 N–H and O–H groups in total. The van der Waals surface area contributed by atoms with E-state index in [1.807, 2.05) is 49.6 Å². The van der Waals surface area contributed by atoms with Crippen LogP contribution in [0.3, 0.4) is 0 Å². The number of nitrogens with zero attached hydrogens (tertiary/aromatic N) is 5. The van der Waals surface area contributed by atoms with Crippen molar-refractivity contribution in [3.8, 4) is 10.6 Å². The van der Waals surface area contributed by atoms with E-state index in [9.17, 15) is 4.79 Å². The largest absolute Gasteiger partial charge is 0.459 e. The molecule has 29 heavy (non-hydrogen) atoms. The smallest absolute Gasteiger partial charge is 0.306 e. The normalized spacial score (nSPS) is 11.1. The molecular formula is C20H20N6O2S. The van der Waals surface area contributed by atoms with E-state index in [0.29, 0.717) is 12.2 Å². The highest BCUT2D eigenvalue weighted by Crippen LogP contribution is 2.23. The lowest BCUT2D eigenvalue weighted by atomic mass is 10.1. The molecule has 1 aromatic carbocycles. The molecular weight excluding hydrogens is 388 g/mol. The number of ether oxygens (including phenoxy) is 1. The fourth-order valence-corrected chi connectivity index (χ4v) is 3.94. The number of benzene rings is 1. The second-order valence-corrected chi connectivity index (χ2v) is 7.47. The van der Waals surface area contributed by atoms with Gasteiger partial charge in [0.05, 0.1) is 5.69 Å². The number of carbonyl (C=O) groups is 1. The van der Waals surface area contributed by atoms with Gasteiger partial charge in [-0.2, -0.15) is 9.50 Å². The molecule has 4 rings (SSSR count). The number of nitrogen functional groups attached to an aromatic ring is 1. The minimum absolute atomic E-state index is 0.164. The Hall–Kier alpha value is -3.33. The Balaban J connectivity index is 1.36. The van der Waals surface area contributed by atoms with Crippen LogP contribution < -0.4 is 5.73 Å². The zero-order valence-electron chi connectivity index (χ0n) is 16.1. The van der Waals surface area contributed by atoms with Crippen molar-refractivity contribution < 1.29 is 9.53 Å². The maximum absolute atomic E-state index is 12.2. The first kappa shape index (κ1) is 19.0. The topological polar surface area (TPSA) is 108 Å². The van der Waals surface area contributed by atoms with Gasteiger partial charge >= 0.3 is 5.97 Å². The standard InChI is InChI=1S/C20H20N6O2S/c1-12-16(13(2)26-20(22-12)24-19(21)25-26)8-9-17(27)28-10-15-11-29-18(23-15)14-6-4-3-5-7-14/h3-7,11H,8-10H2,1-2H3,(H2,21,25). The lowest BCUT2D eigenvalue weighted by Crippen LogP contribution is -2.10. The molecule has 0 aliphatic carbocycles. The Bertz CT molecular complexity index is 1170. The summed E-state index contributed by atoms with van der Waals surface area (Å²) in [6.45, 7) is 3.97. The summed E-state index contributed by atoms with van der Waals surface area (Å²) >= 11 is 1.54. The van der Waals surface area contributed by atoms with E-state index in [1.54, 1.807) is 4.52 Å². The van der Waals surface area contributed by atoms with Crippen molar-refractivity contribution in [2.45, 2.75) is 33.3 Å². The lowest BCUT2D eigenvalue weighted by Gasteiger charge is -2.10. The van der Waals surface area contributed by atoms with Gasteiger partial charge in [-0.25, -0.2) is 9.97 Å². The van der Waals surface area contributed by atoms with E-state index in [0.717, 1.165) is 33.2 Å². The van der Waals surface area contributed by atoms with Crippen LogP contribution in [0.5, 0.6) is 0 Å². The average Bonchev–Trinajstić information content (AvgIpc) is 3.33. The van der Waals surface area contributed by atoms with Crippen LogP contribution in [0.25, 0.3) is 16.3 Å². The highest BCUT2D eigenvalue weighted by Gasteiger charge is 2.15. The fraction of sp³-hybridized carbons (Fsp3) is 0.250. The van der Waals surface area contributed by atoms with Gasteiger partial charge in [0.25, 0.3) is 5.78 Å². The molecule has 0 unspecified atom stereocenters. The number of rotatable bonds is 6. The van der Waals surface area contributed by atoms with Crippen LogP contribution in [-0.2, 0) is 22.6 Å². The number of aromatic nitrogens is 5. The number of carbonyl (C=O) groups excluding carboxylic acids is 1. The van der Waals surface area contributed by atoms with Crippen molar-refractivity contribution in [3.63, 3.8) is 0 Å². The molecule has 0 aliphatic heterocycles. The Morgan fingerprint density at radius 3 is 2.76 bits per heavy atom. The Morgan fingerprint density at radius 2 is 1.97 bits per heavy atom. The van der Waals surface area contributed by atoms with E-state index < -0.39 is 0 Å². The Kier molecular flexibility index (Phi) is 5.22. The molecule has 0 radical (unpaired) electrons. The number of thiazole rings is 1. The van der Waals surface area contributed by atoms with Gasteiger partial charge in [0, 0.05) is 28.8 Å². The number of fused-ring (bicyclic) bond motifs is 1. The minimum atomic E-state index is -0.281. The van der Waals surface area contributed by atoms with Gasteiger partial charge in [0.15, 0.2) is 0 Å². The van der Waals surface area contributed by atoms with E-state index in [-0.39, 0.29) is 24.9 Å². The molecule has 3 aromatic heterocycles. The van der Waals surface area contributed by atoms with Crippen molar-refractivity contribution in [3.05, 3.63) is 58.4 Å². The van der Waals surface area contributed by atoms with Crippen molar-refractivity contribution in [2.75, 3.05) is 5.73 Å². The van der Waals surface area contributed by atoms with Gasteiger partial charge < -0.3 is 10.5 Å². The van der Waals surface area contributed by atoms with Crippen LogP contribution in [0.2, 0.25) is 0 Å². The van der Waals surface area contributed by atoms with Crippen molar-refractivity contribution >= 4 is 29.0 Å². The molecule has 148 valence electrons. The average molecular weight is 408 g/mol. The van der Waals surface area contributed by atoms with E-state index >= 15 is 0 Å². The molecule has 0 saturated heterocycles. The maximum atomic E-state index is 12.2. The molecule has 0 fully saturated rings. The second-order valence-electron chi connectivity index (χ2n) is 6.61. The van der Waals surface area contributed by atoms with Crippen LogP contribution >= 0.6 is 11.3 Å². The quantitative estimate of drug-likeness (QED) is 0.488. The van der Waals surface area contributed by atoms with Gasteiger partial charge in [-0.1, -0.05) is 30.3 Å². The first-order chi connectivity index (χ1) is 14.0. The van der Waals surface area contributed by atoms with Crippen molar-refractivity contribution in [1.82, 2.24) is 24.6 Å². The van der Waals surface area contributed by atoms with E-state index in [1.165, 1.54) is 11.3 Å². The second kappa shape index (κ2) is 7.96. The number of aryl methyl sites for hydroxylation is 2. The Morgan fingerprint density at radius 1 is 1.17 bits per heavy atom. The van der Waals surface area contributed by atoms with Gasteiger partial charge in [-0.05, 0) is 25.8 Å². The molecule has 9 heteroatoms. The van der Waals surface area contributed by atoms with Crippen LogP contribution in [0.4, 0.5) is 5.95 Å². The zero-order chi connectivity index (χ0) is 20.4. The molecule has 8 nitrogen and oxygen atoms in total. The van der Waals surface area contributed by atoms with Gasteiger partial charge in [0.2, 0.25) is 5.95 Å². The van der Waals surface area contributed by atoms with Gasteiger partial charge in [-0.15, -0.1) is 16.4 Å². The first-order valence-electron chi connectivity index (χ1n) is 9.15. The summed E-state index contributed by atoms with van der Waals surface area (Å²) in [5.41, 5.74) is 10.1. The number of anilines is 1. The van der Waals surface area contributed by atoms with Crippen LogP contribution in [0.1, 0.15) is 29.1 Å². The van der Waals surface area contributed by atoms with Crippen LogP contribution in [0, 0.1) is 13.8 Å². The van der Waals surface area contributed by atoms with Crippen LogP contribution in [-0.4, -0.2) is 30.5 Å². The molecule has 0 bridgehead atoms. The minimum Gasteiger partial charge on any atom is -0.459 e. The molecule has 0 amide bonds. The zero-order valence-corrected chi connectivity index (χ0v) is 16.9. The molecule has 4 aromatic rings. The Labute approximate surface area is 171 Å². The summed E-state index contributed by atoms with van der Waals surface area (Å²) < 4.78 is 7.00. The lowest BCUT2D eigenvalue weighted by molar-refractivity contribution is -0.145. The molecule has 0 atom stereocenters. The maximum Gasteiger partial charge on any atom is 0.306 e. The predicted octanol–water partition coefficient (Wildman–Crippen LogP) is 3.12. The number of nitrogens with two attached hydrogens (primary N) is 1. The molecule has 3 heterocycles. The first-order valence-corrected chi connectivity index (χ1v) is 10.0. The summed E-state index contributed by atoms with van der Waals surface area (Å²) in [5.74, 6) is 0.354. The summed E-state index contributed by atoms with van der Waals surface area (Å²) in [4.78, 5) is 25.3. The monoisotopic (exact) mass is 408 g/mol. The third-order valence-corrected chi connectivity index (χ3v) is 5.54. The highest BCUT2D eigenvalue weighted by atomic mass is 32.1. The third kappa shape index (κ3) is 4.09. The highest BCUT2D eigenvalue weighted by molar-refractivity contribution is 7.13. The summed E-state index contributed by atoms with van der Waals surface area (Å²) in [5, 5.41) is 6.97. The summed E-state index contributed by atoms with van der Waals surface area (Å²) in [6, 6.07) is 9.93. The van der Waals surface area contributed by atoms with Crippen LogP contribution in [0.15, 0.2) is 35.7 Å². The SMILES string of the molecule is Cc1nc2nc(N)nn2c(C)c1CCC(=O)OCc1csc(-c2ccccc2)n1. The van der Waals surface area contributed by atoms with Gasteiger partial charge in [-0.3, -0.25) is 4.79 Å². The molecule has 0 spiro atoms. The molecule has 0 saturated carbocycles. The summed E-state index contributed by atoms with van der Waals surface area (Å²) in [7, 11) is 0. The van der Waals surface area contributed by atoms with E-state index in [2.05, 4.69) is 20.1 Å². The van der Waals surface area contributed by atoms with Crippen molar-refractivity contribution in [1.29, 1.82) is 0 Å². The number of esters is 1.